The Morgan fingerprint density at radius 3 is 2.55 bits per heavy atom. The predicted octanol–water partition coefficient (Wildman–Crippen LogP) is 3.39. The largest absolute Gasteiger partial charge is 0.477 e. The normalized spacial score (nSPS) is 25.8. The molecule has 0 amide bonds. The van der Waals surface area contributed by atoms with Crippen LogP contribution in [0.15, 0.2) is 35.3 Å². The summed E-state index contributed by atoms with van der Waals surface area (Å²) in [6, 6.07) is 2.22. The summed E-state index contributed by atoms with van der Waals surface area (Å²) in [4.78, 5) is 26.0. The topological polar surface area (TPSA) is 88.6 Å². The van der Waals surface area contributed by atoms with Crippen LogP contribution in [0.5, 0.6) is 0 Å². The van der Waals surface area contributed by atoms with Crippen LogP contribution in [0.3, 0.4) is 0 Å². The zero-order valence-electron chi connectivity index (χ0n) is 16.6. The van der Waals surface area contributed by atoms with Crippen molar-refractivity contribution in [3.8, 4) is 0 Å². The number of fused-ring (bicyclic) bond motifs is 2. The molecule has 1 aromatic carbocycles. The van der Waals surface area contributed by atoms with Gasteiger partial charge in [-0.15, -0.1) is 0 Å². The Labute approximate surface area is 175 Å². The summed E-state index contributed by atoms with van der Waals surface area (Å²) >= 11 is 0. The van der Waals surface area contributed by atoms with Gasteiger partial charge in [0.25, 0.3) is 0 Å². The van der Waals surface area contributed by atoms with E-state index in [9.17, 15) is 27.9 Å². The Morgan fingerprint density at radius 2 is 1.94 bits per heavy atom. The van der Waals surface area contributed by atoms with Crippen molar-refractivity contribution in [1.29, 1.82) is 0 Å². The van der Waals surface area contributed by atoms with Gasteiger partial charge < -0.3 is 20.3 Å². The molecule has 0 spiro atoms. The lowest BCUT2D eigenvalue weighted by atomic mass is 9.83. The number of benzene rings is 1. The fourth-order valence-corrected chi connectivity index (χ4v) is 5.11. The van der Waals surface area contributed by atoms with Crippen molar-refractivity contribution >= 4 is 22.6 Å². The molecule has 1 saturated carbocycles. The second kappa shape index (κ2) is 6.85. The van der Waals surface area contributed by atoms with Gasteiger partial charge in [0.15, 0.2) is 0 Å². The number of aromatic carboxylic acids is 1. The van der Waals surface area contributed by atoms with Crippen LogP contribution >= 0.6 is 0 Å². The molecule has 1 aromatic heterocycles. The summed E-state index contributed by atoms with van der Waals surface area (Å²) < 4.78 is 44.7. The van der Waals surface area contributed by atoms with E-state index in [2.05, 4.69) is 0 Å². The molecule has 2 aliphatic carbocycles. The number of allylic oxidation sites excluding steroid dienone is 1. The van der Waals surface area contributed by atoms with Crippen LogP contribution in [0, 0.1) is 11.8 Å². The summed E-state index contributed by atoms with van der Waals surface area (Å²) in [5, 5.41) is 9.18. The number of hydrogen-bond acceptors (Lipinski definition) is 4. The van der Waals surface area contributed by atoms with Crippen LogP contribution in [-0.4, -0.2) is 34.8 Å². The first-order valence-corrected chi connectivity index (χ1v) is 10.4. The number of carboxylic acids is 1. The maximum atomic E-state index is 14.4. The maximum Gasteiger partial charge on any atom is 0.420 e. The van der Waals surface area contributed by atoms with Crippen LogP contribution in [0.25, 0.3) is 10.9 Å². The lowest BCUT2D eigenvalue weighted by Crippen LogP contribution is -2.35. The lowest BCUT2D eigenvalue weighted by Gasteiger charge is -2.26. The number of pyridine rings is 1. The van der Waals surface area contributed by atoms with Crippen LogP contribution in [0.1, 0.15) is 41.2 Å². The quantitative estimate of drug-likeness (QED) is 0.725. The van der Waals surface area contributed by atoms with Gasteiger partial charge in [0.1, 0.15) is 11.1 Å². The molecule has 3 N–H and O–H groups in total. The molecule has 2 heterocycles. The SMILES string of the molecule is NC1C=CCC2CN(c3ccc4c(=O)c(C(=O)O)cn(C5CC5)c4c3C(F)(F)F)CC12. The van der Waals surface area contributed by atoms with Crippen LogP contribution < -0.4 is 16.1 Å². The minimum atomic E-state index is -4.71. The molecule has 1 saturated heterocycles. The van der Waals surface area contributed by atoms with Gasteiger partial charge in [-0.1, -0.05) is 12.2 Å². The third-order valence-electron chi connectivity index (χ3n) is 6.75. The number of nitrogens with zero attached hydrogens (tertiary/aromatic N) is 2. The Morgan fingerprint density at radius 1 is 1.19 bits per heavy atom. The molecule has 9 heteroatoms. The summed E-state index contributed by atoms with van der Waals surface area (Å²) in [5.74, 6) is -1.19. The van der Waals surface area contributed by atoms with Gasteiger partial charge in [0.05, 0.1) is 11.2 Å². The number of carbonyl (C=O) groups is 1. The lowest BCUT2D eigenvalue weighted by molar-refractivity contribution is -0.136. The highest BCUT2D eigenvalue weighted by molar-refractivity contribution is 5.95. The monoisotopic (exact) mass is 433 g/mol. The number of aromatic nitrogens is 1. The van der Waals surface area contributed by atoms with Gasteiger partial charge in [-0.2, -0.15) is 13.2 Å². The van der Waals surface area contributed by atoms with Gasteiger partial charge in [0, 0.05) is 36.8 Å². The van der Waals surface area contributed by atoms with Gasteiger partial charge in [-0.3, -0.25) is 4.79 Å². The number of alkyl halides is 3. The second-order valence-corrected chi connectivity index (χ2v) is 8.74. The van der Waals surface area contributed by atoms with Crippen molar-refractivity contribution in [3.63, 3.8) is 0 Å². The molecular formula is C22H22F3N3O3. The van der Waals surface area contributed by atoms with Crippen molar-refractivity contribution in [2.24, 2.45) is 17.6 Å². The second-order valence-electron chi connectivity index (χ2n) is 8.74. The Balaban J connectivity index is 1.74. The Kier molecular flexibility index (Phi) is 4.44. The molecule has 3 atom stereocenters. The van der Waals surface area contributed by atoms with Crippen molar-refractivity contribution in [2.45, 2.75) is 37.5 Å². The van der Waals surface area contributed by atoms with E-state index in [0.29, 0.717) is 25.9 Å². The van der Waals surface area contributed by atoms with Crippen molar-refractivity contribution < 1.29 is 23.1 Å². The number of nitrogens with two attached hydrogens (primary N) is 1. The van der Waals surface area contributed by atoms with Crippen molar-refractivity contribution in [2.75, 3.05) is 18.0 Å². The molecule has 31 heavy (non-hydrogen) atoms. The fourth-order valence-electron chi connectivity index (χ4n) is 5.11. The van der Waals surface area contributed by atoms with Crippen LogP contribution in [0.4, 0.5) is 18.9 Å². The van der Waals surface area contributed by atoms with Gasteiger partial charge >= 0.3 is 12.1 Å². The summed E-state index contributed by atoms with van der Waals surface area (Å²) in [7, 11) is 0. The summed E-state index contributed by atoms with van der Waals surface area (Å²) in [5.41, 5.74) is 3.71. The molecule has 3 aliphatic rings. The minimum Gasteiger partial charge on any atom is -0.477 e. The van der Waals surface area contributed by atoms with E-state index < -0.39 is 28.7 Å². The highest BCUT2D eigenvalue weighted by Gasteiger charge is 2.43. The number of halogens is 3. The van der Waals surface area contributed by atoms with E-state index in [1.54, 1.807) is 4.90 Å². The third kappa shape index (κ3) is 3.22. The number of carboxylic acid groups (broad SMARTS) is 1. The average Bonchev–Trinajstić information content (AvgIpc) is 3.44. The molecule has 2 aromatic rings. The third-order valence-corrected chi connectivity index (χ3v) is 6.75. The van der Waals surface area contributed by atoms with E-state index in [-0.39, 0.29) is 40.5 Å². The Bertz CT molecular complexity index is 1170. The van der Waals surface area contributed by atoms with E-state index in [1.807, 2.05) is 12.2 Å². The molecule has 6 nitrogen and oxygen atoms in total. The zero-order chi connectivity index (χ0) is 22.1. The van der Waals surface area contributed by atoms with Crippen LogP contribution in [0.2, 0.25) is 0 Å². The molecule has 1 aliphatic heterocycles. The smallest absolute Gasteiger partial charge is 0.420 e. The molecule has 164 valence electrons. The van der Waals surface area contributed by atoms with E-state index >= 15 is 0 Å². The first-order chi connectivity index (χ1) is 14.7. The summed E-state index contributed by atoms with van der Waals surface area (Å²) in [6.07, 6.45) is 2.33. The molecule has 3 unspecified atom stereocenters. The fraction of sp³-hybridized carbons (Fsp3) is 0.455. The van der Waals surface area contributed by atoms with E-state index in [0.717, 1.165) is 12.6 Å². The molecule has 0 radical (unpaired) electrons. The predicted molar refractivity (Wildman–Crippen MR) is 109 cm³/mol. The van der Waals surface area contributed by atoms with E-state index in [1.165, 1.54) is 16.7 Å². The first kappa shape index (κ1) is 20.1. The average molecular weight is 433 g/mol. The number of anilines is 1. The highest BCUT2D eigenvalue weighted by Crippen LogP contribution is 2.46. The van der Waals surface area contributed by atoms with Gasteiger partial charge in [0.2, 0.25) is 5.43 Å². The summed E-state index contributed by atoms with van der Waals surface area (Å²) in [6.45, 7) is 0.865. The molecule has 0 bridgehead atoms. The zero-order valence-corrected chi connectivity index (χ0v) is 16.6. The maximum absolute atomic E-state index is 14.4. The first-order valence-electron chi connectivity index (χ1n) is 10.4. The minimum absolute atomic E-state index is 0.0264. The van der Waals surface area contributed by atoms with Crippen molar-refractivity contribution in [3.05, 3.63) is 51.8 Å². The number of rotatable bonds is 3. The molecular weight excluding hydrogens is 411 g/mol. The Hall–Kier alpha value is -2.81. The van der Waals surface area contributed by atoms with Crippen molar-refractivity contribution in [1.82, 2.24) is 4.57 Å². The highest BCUT2D eigenvalue weighted by atomic mass is 19.4. The van der Waals surface area contributed by atoms with Gasteiger partial charge in [-0.25, -0.2) is 4.79 Å². The molecule has 2 fully saturated rings. The van der Waals surface area contributed by atoms with E-state index in [4.69, 9.17) is 5.73 Å². The van der Waals surface area contributed by atoms with Crippen LogP contribution in [-0.2, 0) is 6.18 Å². The number of hydrogen-bond donors (Lipinski definition) is 2. The molecule has 5 rings (SSSR count). The van der Waals surface area contributed by atoms with Gasteiger partial charge in [-0.05, 0) is 43.2 Å². The standard InChI is InChI=1S/C22H22F3N3O3/c23-22(24,25)18-17(27-8-11-2-1-3-16(26)14(11)9-27)7-6-13-19(18)28(12-4-5-12)10-15(20(13)29)21(30)31/h1,3,6-7,10-12,14,16H,2,4-5,8-9,26H2,(H,30,31).